The van der Waals surface area contributed by atoms with Crippen molar-refractivity contribution in [2.45, 2.75) is 31.3 Å². The van der Waals surface area contributed by atoms with Crippen molar-refractivity contribution in [2.75, 3.05) is 11.9 Å². The van der Waals surface area contributed by atoms with Crippen LogP contribution in [0, 0.1) is 6.92 Å². The first kappa shape index (κ1) is 22.9. The molecule has 8 nitrogen and oxygen atoms in total. The van der Waals surface area contributed by atoms with Crippen LogP contribution in [0.1, 0.15) is 18.1 Å². The maximum absolute atomic E-state index is 12.4. The Morgan fingerprint density at radius 2 is 2.03 bits per heavy atom. The normalized spacial score (nSPS) is 11.0. The van der Waals surface area contributed by atoms with E-state index in [4.69, 9.17) is 20.8 Å². The topological polar surface area (TPSA) is 99.2 Å². The summed E-state index contributed by atoms with van der Waals surface area (Å²) in [6.45, 7) is 4.12. The van der Waals surface area contributed by atoms with E-state index < -0.39 is 5.63 Å². The number of aryl methyl sites for hydroxylation is 1. The molecular formula is C23H21ClN4O4S. The molecule has 0 saturated heterocycles. The lowest BCUT2D eigenvalue weighted by atomic mass is 10.1. The van der Waals surface area contributed by atoms with E-state index >= 15 is 0 Å². The highest BCUT2D eigenvalue weighted by Crippen LogP contribution is 2.27. The van der Waals surface area contributed by atoms with Crippen molar-refractivity contribution in [2.24, 2.45) is 0 Å². The van der Waals surface area contributed by atoms with Crippen LogP contribution in [-0.2, 0) is 17.1 Å². The molecule has 0 aliphatic heterocycles. The van der Waals surface area contributed by atoms with E-state index in [1.807, 2.05) is 42.7 Å². The highest BCUT2D eigenvalue weighted by Gasteiger charge is 2.15. The summed E-state index contributed by atoms with van der Waals surface area (Å²) in [5.74, 6) is 1.00. The molecule has 2 aromatic carbocycles. The summed E-state index contributed by atoms with van der Waals surface area (Å²) in [6.07, 6.45) is 0. The number of fused-ring (bicyclic) bond motifs is 1. The SMILES string of the molecule is CCn1c(NC(=O)COc2ccc3c(C)cc(=O)oc3c2)nnc1SCc1ccccc1Cl. The van der Waals surface area contributed by atoms with Crippen molar-refractivity contribution < 1.29 is 13.9 Å². The molecule has 1 N–H and O–H groups in total. The van der Waals surface area contributed by atoms with Gasteiger partial charge in [0.25, 0.3) is 5.91 Å². The quantitative estimate of drug-likeness (QED) is 0.286. The highest BCUT2D eigenvalue weighted by molar-refractivity contribution is 7.98. The molecular weight excluding hydrogens is 464 g/mol. The number of thioether (sulfide) groups is 1. The van der Waals surface area contributed by atoms with Crippen molar-refractivity contribution in [1.82, 2.24) is 14.8 Å². The lowest BCUT2D eigenvalue weighted by Gasteiger charge is -2.10. The van der Waals surface area contributed by atoms with Crippen LogP contribution in [0.4, 0.5) is 5.95 Å². The molecule has 33 heavy (non-hydrogen) atoms. The van der Waals surface area contributed by atoms with E-state index in [2.05, 4.69) is 15.5 Å². The van der Waals surface area contributed by atoms with Gasteiger partial charge in [0.15, 0.2) is 11.8 Å². The average molecular weight is 485 g/mol. The number of amides is 1. The van der Waals surface area contributed by atoms with Crippen LogP contribution in [-0.4, -0.2) is 27.3 Å². The van der Waals surface area contributed by atoms with E-state index in [-0.39, 0.29) is 12.5 Å². The molecule has 0 fully saturated rings. The number of halogens is 1. The van der Waals surface area contributed by atoms with Crippen LogP contribution in [0.2, 0.25) is 5.02 Å². The van der Waals surface area contributed by atoms with Gasteiger partial charge in [-0.05, 0) is 43.2 Å². The summed E-state index contributed by atoms with van der Waals surface area (Å²) in [4.78, 5) is 24.0. The van der Waals surface area contributed by atoms with Crippen LogP contribution < -0.4 is 15.7 Å². The van der Waals surface area contributed by atoms with Crippen molar-refractivity contribution in [3.8, 4) is 5.75 Å². The lowest BCUT2D eigenvalue weighted by molar-refractivity contribution is -0.118. The minimum Gasteiger partial charge on any atom is -0.484 e. The van der Waals surface area contributed by atoms with Gasteiger partial charge < -0.3 is 9.15 Å². The molecule has 0 atom stereocenters. The fraction of sp³-hybridized carbons (Fsp3) is 0.217. The Hall–Kier alpha value is -3.30. The van der Waals surface area contributed by atoms with Gasteiger partial charge >= 0.3 is 5.63 Å². The third-order valence-corrected chi connectivity index (χ3v) is 6.28. The molecule has 1 amide bonds. The summed E-state index contributed by atoms with van der Waals surface area (Å²) >= 11 is 7.71. The number of carbonyl (C=O) groups excluding carboxylic acids is 1. The number of anilines is 1. The summed E-state index contributed by atoms with van der Waals surface area (Å²) in [6, 6.07) is 14.2. The molecule has 2 aromatic heterocycles. The minimum absolute atomic E-state index is 0.236. The van der Waals surface area contributed by atoms with Gasteiger partial charge in [0.05, 0.1) is 0 Å². The number of nitrogens with one attached hydrogen (secondary N) is 1. The summed E-state index contributed by atoms with van der Waals surface area (Å²) in [5, 5.41) is 13.2. The fourth-order valence-electron chi connectivity index (χ4n) is 3.24. The molecule has 2 heterocycles. The van der Waals surface area contributed by atoms with Gasteiger partial charge in [0.1, 0.15) is 11.3 Å². The molecule has 10 heteroatoms. The zero-order valence-corrected chi connectivity index (χ0v) is 19.6. The Balaban J connectivity index is 1.39. The zero-order chi connectivity index (χ0) is 23.4. The van der Waals surface area contributed by atoms with Gasteiger partial charge in [-0.15, -0.1) is 10.2 Å². The molecule has 0 bridgehead atoms. The number of rotatable bonds is 8. The van der Waals surface area contributed by atoms with Gasteiger partial charge in [-0.25, -0.2) is 4.79 Å². The second-order valence-electron chi connectivity index (χ2n) is 7.17. The highest BCUT2D eigenvalue weighted by atomic mass is 35.5. The Kier molecular flexibility index (Phi) is 7.00. The average Bonchev–Trinajstić information content (AvgIpc) is 3.18. The Morgan fingerprint density at radius 3 is 2.82 bits per heavy atom. The summed E-state index contributed by atoms with van der Waals surface area (Å²) < 4.78 is 12.6. The summed E-state index contributed by atoms with van der Waals surface area (Å²) in [5.41, 5.74) is 1.78. The second kappa shape index (κ2) is 10.1. The van der Waals surface area contributed by atoms with Gasteiger partial charge in [-0.2, -0.15) is 0 Å². The van der Waals surface area contributed by atoms with Gasteiger partial charge in [-0.3, -0.25) is 14.7 Å². The standard InChI is InChI=1S/C23H21ClN4O4S/c1-3-28-22(26-27-23(28)33-13-15-6-4-5-7-18(15)24)25-20(29)12-31-16-8-9-17-14(2)10-21(30)32-19(17)11-16/h4-11H,3,12-13H2,1-2H3,(H,25,26,29). The van der Waals surface area contributed by atoms with E-state index in [0.29, 0.717) is 39.8 Å². The maximum Gasteiger partial charge on any atom is 0.336 e. The molecule has 0 radical (unpaired) electrons. The number of aromatic nitrogens is 3. The van der Waals surface area contributed by atoms with Crippen molar-refractivity contribution in [3.63, 3.8) is 0 Å². The van der Waals surface area contributed by atoms with Crippen LogP contribution in [0.15, 0.2) is 62.9 Å². The number of ether oxygens (including phenoxy) is 1. The Labute approximate surface area is 198 Å². The summed E-state index contributed by atoms with van der Waals surface area (Å²) in [7, 11) is 0. The van der Waals surface area contributed by atoms with Gasteiger partial charge in [-0.1, -0.05) is 41.6 Å². The molecule has 0 aliphatic rings. The van der Waals surface area contributed by atoms with Crippen molar-refractivity contribution >= 4 is 46.2 Å². The second-order valence-corrected chi connectivity index (χ2v) is 8.52. The monoisotopic (exact) mass is 484 g/mol. The van der Waals surface area contributed by atoms with Gasteiger partial charge in [0.2, 0.25) is 5.95 Å². The first-order valence-electron chi connectivity index (χ1n) is 10.2. The van der Waals surface area contributed by atoms with Crippen LogP contribution in [0.5, 0.6) is 5.75 Å². The lowest BCUT2D eigenvalue weighted by Crippen LogP contribution is -2.22. The fourth-order valence-corrected chi connectivity index (χ4v) is 4.52. The van der Waals surface area contributed by atoms with Crippen molar-refractivity contribution in [3.05, 3.63) is 75.1 Å². The zero-order valence-electron chi connectivity index (χ0n) is 18.0. The Morgan fingerprint density at radius 1 is 1.21 bits per heavy atom. The molecule has 0 unspecified atom stereocenters. The predicted octanol–water partition coefficient (Wildman–Crippen LogP) is 4.68. The van der Waals surface area contributed by atoms with Gasteiger partial charge in [0, 0.05) is 34.8 Å². The van der Waals surface area contributed by atoms with Crippen LogP contribution >= 0.6 is 23.4 Å². The molecule has 0 saturated carbocycles. The third-order valence-electron chi connectivity index (χ3n) is 4.89. The van der Waals surface area contributed by atoms with Crippen LogP contribution in [0.3, 0.4) is 0 Å². The molecule has 4 aromatic rings. The minimum atomic E-state index is -0.433. The van der Waals surface area contributed by atoms with Crippen LogP contribution in [0.25, 0.3) is 11.0 Å². The van der Waals surface area contributed by atoms with Crippen molar-refractivity contribution in [1.29, 1.82) is 0 Å². The third kappa shape index (κ3) is 5.37. The first-order valence-corrected chi connectivity index (χ1v) is 11.6. The molecule has 4 rings (SSSR count). The Bertz CT molecular complexity index is 1370. The molecule has 0 spiro atoms. The molecule has 170 valence electrons. The number of carbonyl (C=O) groups is 1. The van der Waals surface area contributed by atoms with E-state index in [1.54, 1.807) is 18.2 Å². The molecule has 0 aliphatic carbocycles. The maximum atomic E-state index is 12.4. The largest absolute Gasteiger partial charge is 0.484 e. The predicted molar refractivity (Wildman–Crippen MR) is 128 cm³/mol. The van der Waals surface area contributed by atoms with E-state index in [0.717, 1.165) is 16.5 Å². The number of benzene rings is 2. The number of hydrogen-bond acceptors (Lipinski definition) is 7. The first-order chi connectivity index (χ1) is 15.9. The number of nitrogens with zero attached hydrogens (tertiary/aromatic N) is 3. The smallest absolute Gasteiger partial charge is 0.336 e. The van der Waals surface area contributed by atoms with E-state index in [1.165, 1.54) is 17.8 Å². The number of hydrogen-bond donors (Lipinski definition) is 1. The van der Waals surface area contributed by atoms with E-state index in [9.17, 15) is 9.59 Å².